The molecule has 1 fully saturated rings. The molecule has 0 radical (unpaired) electrons. The molecule has 21 heavy (non-hydrogen) atoms. The Morgan fingerprint density at radius 1 is 1.38 bits per heavy atom. The highest BCUT2D eigenvalue weighted by atomic mass is 15.2. The van der Waals surface area contributed by atoms with Crippen molar-refractivity contribution in [1.82, 2.24) is 19.9 Å². The molecule has 0 bridgehead atoms. The van der Waals surface area contributed by atoms with E-state index in [2.05, 4.69) is 52.9 Å². The molecule has 1 saturated heterocycles. The fraction of sp³-hybridized carbons (Fsp3) is 0.500. The van der Waals surface area contributed by atoms with E-state index in [4.69, 9.17) is 4.98 Å². The second kappa shape index (κ2) is 5.85. The minimum atomic E-state index is 0.397. The number of hydrogen-bond donors (Lipinski definition) is 1. The molecule has 3 rings (SSSR count). The van der Waals surface area contributed by atoms with Gasteiger partial charge in [-0.05, 0) is 38.4 Å². The first kappa shape index (κ1) is 14.1. The largest absolute Gasteiger partial charge is 0.378 e. The lowest BCUT2D eigenvalue weighted by Crippen LogP contribution is -2.24. The monoisotopic (exact) mass is 285 g/mol. The van der Waals surface area contributed by atoms with Crippen molar-refractivity contribution in [3.63, 3.8) is 0 Å². The van der Waals surface area contributed by atoms with Crippen molar-refractivity contribution in [3.05, 3.63) is 41.7 Å². The van der Waals surface area contributed by atoms with Crippen molar-refractivity contribution >= 4 is 5.69 Å². The van der Waals surface area contributed by atoms with Gasteiger partial charge in [-0.2, -0.15) is 0 Å². The maximum absolute atomic E-state index is 4.78. The van der Waals surface area contributed by atoms with E-state index in [-0.39, 0.29) is 0 Å². The predicted molar refractivity (Wildman–Crippen MR) is 84.3 cm³/mol. The van der Waals surface area contributed by atoms with Crippen LogP contribution < -0.4 is 4.90 Å². The molecule has 0 aromatic carbocycles. The average molecular weight is 285 g/mol. The fourth-order valence-electron chi connectivity index (χ4n) is 3.03. The van der Waals surface area contributed by atoms with Crippen LogP contribution >= 0.6 is 0 Å². The highest BCUT2D eigenvalue weighted by Gasteiger charge is 2.28. The fourth-order valence-corrected chi connectivity index (χ4v) is 3.03. The first-order chi connectivity index (χ1) is 10.1. The van der Waals surface area contributed by atoms with Crippen LogP contribution in [-0.4, -0.2) is 40.5 Å². The second-order valence-electron chi connectivity index (χ2n) is 5.95. The number of aryl methyl sites for hydroxylation is 1. The van der Waals surface area contributed by atoms with Crippen LogP contribution in [0.2, 0.25) is 0 Å². The molecule has 0 aliphatic carbocycles. The van der Waals surface area contributed by atoms with Gasteiger partial charge in [-0.25, -0.2) is 4.98 Å². The molecular formula is C16H23N5. The first-order valence-corrected chi connectivity index (χ1v) is 7.51. The van der Waals surface area contributed by atoms with Gasteiger partial charge in [-0.1, -0.05) is 0 Å². The summed E-state index contributed by atoms with van der Waals surface area (Å²) in [4.78, 5) is 16.9. The molecule has 5 heteroatoms. The van der Waals surface area contributed by atoms with Crippen molar-refractivity contribution in [1.29, 1.82) is 0 Å². The Balaban J connectivity index is 1.84. The van der Waals surface area contributed by atoms with Crippen molar-refractivity contribution in [3.8, 4) is 0 Å². The van der Waals surface area contributed by atoms with Gasteiger partial charge in [0.2, 0.25) is 0 Å². The highest BCUT2D eigenvalue weighted by molar-refractivity contribution is 5.47. The third-order valence-corrected chi connectivity index (χ3v) is 4.09. The quantitative estimate of drug-likeness (QED) is 0.937. The van der Waals surface area contributed by atoms with Crippen LogP contribution in [-0.2, 0) is 6.54 Å². The van der Waals surface area contributed by atoms with E-state index in [9.17, 15) is 0 Å². The summed E-state index contributed by atoms with van der Waals surface area (Å²) in [7, 11) is 4.15. The lowest BCUT2D eigenvalue weighted by Gasteiger charge is -2.24. The molecule has 1 aliphatic rings. The Labute approximate surface area is 126 Å². The summed E-state index contributed by atoms with van der Waals surface area (Å²) >= 11 is 0. The molecular weight excluding hydrogens is 262 g/mol. The number of likely N-dealkylation sites (tertiary alicyclic amines) is 1. The minimum Gasteiger partial charge on any atom is -0.378 e. The first-order valence-electron chi connectivity index (χ1n) is 7.51. The van der Waals surface area contributed by atoms with Gasteiger partial charge < -0.3 is 9.88 Å². The van der Waals surface area contributed by atoms with Gasteiger partial charge in [0.15, 0.2) is 0 Å². The summed E-state index contributed by atoms with van der Waals surface area (Å²) < 4.78 is 0. The molecule has 112 valence electrons. The van der Waals surface area contributed by atoms with E-state index >= 15 is 0 Å². The summed E-state index contributed by atoms with van der Waals surface area (Å²) in [6.07, 6.45) is 6.09. The van der Waals surface area contributed by atoms with Crippen LogP contribution in [0.3, 0.4) is 0 Å². The number of pyridine rings is 1. The second-order valence-corrected chi connectivity index (χ2v) is 5.95. The molecule has 1 N–H and O–H groups in total. The van der Waals surface area contributed by atoms with Gasteiger partial charge in [0.25, 0.3) is 0 Å². The highest BCUT2D eigenvalue weighted by Crippen LogP contribution is 2.33. The van der Waals surface area contributed by atoms with Gasteiger partial charge in [0, 0.05) is 37.9 Å². The van der Waals surface area contributed by atoms with Crippen molar-refractivity contribution in [2.45, 2.75) is 32.4 Å². The lowest BCUT2D eigenvalue weighted by molar-refractivity contribution is 0.239. The topological polar surface area (TPSA) is 48.0 Å². The van der Waals surface area contributed by atoms with Gasteiger partial charge in [0.1, 0.15) is 5.82 Å². The van der Waals surface area contributed by atoms with E-state index in [0.717, 1.165) is 24.6 Å². The molecule has 1 aliphatic heterocycles. The van der Waals surface area contributed by atoms with Crippen LogP contribution in [0.1, 0.15) is 36.1 Å². The molecule has 5 nitrogen and oxygen atoms in total. The normalized spacial score (nSPS) is 19.1. The number of aromatic amines is 1. The molecule has 1 atom stereocenters. The maximum atomic E-state index is 4.78. The Bertz CT molecular complexity index is 591. The third kappa shape index (κ3) is 3.08. The summed E-state index contributed by atoms with van der Waals surface area (Å²) in [5.74, 6) is 1.03. The average Bonchev–Trinajstić information content (AvgIpc) is 3.10. The molecule has 2 aromatic rings. The Kier molecular flexibility index (Phi) is 3.92. The molecule has 0 saturated carbocycles. The molecule has 0 amide bonds. The number of anilines is 1. The van der Waals surface area contributed by atoms with E-state index in [1.807, 2.05) is 12.4 Å². The van der Waals surface area contributed by atoms with Gasteiger partial charge >= 0.3 is 0 Å². The van der Waals surface area contributed by atoms with E-state index in [0.29, 0.717) is 6.04 Å². The molecule has 0 unspecified atom stereocenters. The van der Waals surface area contributed by atoms with Crippen LogP contribution in [0.5, 0.6) is 0 Å². The number of H-pyrrole nitrogens is 1. The van der Waals surface area contributed by atoms with Crippen molar-refractivity contribution in [2.24, 2.45) is 0 Å². The Morgan fingerprint density at radius 3 is 2.95 bits per heavy atom. The number of imidazole rings is 1. The number of rotatable bonds is 4. The molecule has 3 heterocycles. The summed E-state index contributed by atoms with van der Waals surface area (Å²) in [6, 6.07) is 4.75. The number of nitrogens with one attached hydrogen (secondary N) is 1. The Hall–Kier alpha value is -1.88. The lowest BCUT2D eigenvalue weighted by atomic mass is 10.1. The summed E-state index contributed by atoms with van der Waals surface area (Å²) in [5, 5.41) is 0. The van der Waals surface area contributed by atoms with Crippen molar-refractivity contribution in [2.75, 3.05) is 25.5 Å². The van der Waals surface area contributed by atoms with Crippen LogP contribution in [0, 0.1) is 6.92 Å². The van der Waals surface area contributed by atoms with E-state index in [1.165, 1.54) is 24.2 Å². The van der Waals surface area contributed by atoms with Gasteiger partial charge in [0.05, 0.1) is 18.3 Å². The predicted octanol–water partition coefficient (Wildman–Crippen LogP) is 2.52. The zero-order chi connectivity index (χ0) is 14.8. The van der Waals surface area contributed by atoms with Gasteiger partial charge in [-0.3, -0.25) is 9.88 Å². The Morgan fingerprint density at radius 2 is 2.24 bits per heavy atom. The summed E-state index contributed by atoms with van der Waals surface area (Å²) in [6.45, 7) is 4.05. The maximum Gasteiger partial charge on any atom is 0.120 e. The minimum absolute atomic E-state index is 0.397. The number of nitrogens with zero attached hydrogens (tertiary/aromatic N) is 4. The van der Waals surface area contributed by atoms with E-state index < -0.39 is 0 Å². The zero-order valence-corrected chi connectivity index (χ0v) is 13.0. The number of hydrogen-bond acceptors (Lipinski definition) is 4. The third-order valence-electron chi connectivity index (χ3n) is 4.09. The smallest absolute Gasteiger partial charge is 0.120 e. The zero-order valence-electron chi connectivity index (χ0n) is 13.0. The number of aromatic nitrogens is 3. The summed E-state index contributed by atoms with van der Waals surface area (Å²) in [5.41, 5.74) is 3.49. The standard InChI is InChI=1S/C16H23N5/c1-12-9-13(20(2)3)10-14(19-12)15-5-4-8-21(15)11-16-17-6-7-18-16/h6-7,9-10,15H,4-5,8,11H2,1-3H3,(H,17,18)/t15-/m0/s1. The SMILES string of the molecule is Cc1cc(N(C)C)cc([C@@H]2CCCN2Cc2ncc[nH]2)n1. The van der Waals surface area contributed by atoms with Crippen molar-refractivity contribution < 1.29 is 0 Å². The van der Waals surface area contributed by atoms with Gasteiger partial charge in [-0.15, -0.1) is 0 Å². The van der Waals surface area contributed by atoms with E-state index in [1.54, 1.807) is 0 Å². The van der Waals surface area contributed by atoms with Crippen LogP contribution in [0.15, 0.2) is 24.5 Å². The molecule has 0 spiro atoms. The van der Waals surface area contributed by atoms with Crippen LogP contribution in [0.4, 0.5) is 5.69 Å². The van der Waals surface area contributed by atoms with Crippen LogP contribution in [0.25, 0.3) is 0 Å². The molecule has 2 aromatic heterocycles.